The van der Waals surface area contributed by atoms with Gasteiger partial charge in [0.2, 0.25) is 0 Å². The summed E-state index contributed by atoms with van der Waals surface area (Å²) in [4.78, 5) is 23.3. The van der Waals surface area contributed by atoms with Gasteiger partial charge < -0.3 is 9.84 Å². The normalized spacial score (nSPS) is 11.9. The maximum Gasteiger partial charge on any atom is 0.323 e. The van der Waals surface area contributed by atoms with Crippen LogP contribution in [-0.4, -0.2) is 18.4 Å². The number of ketones is 1. The third kappa shape index (κ3) is 3.31. The summed E-state index contributed by atoms with van der Waals surface area (Å²) in [5.41, 5.74) is -0.165. The standard InChI is InChI=1S/C11H11ClO4S/c1-3-16-11(15)10(14)6(2)9(13)7-4-5-8(12)17-7/h4-5,14H,3H2,1-2H3/p-1/b10-6-. The largest absolute Gasteiger partial charge is 0.867 e. The van der Waals surface area contributed by atoms with Gasteiger partial charge in [-0.3, -0.25) is 4.79 Å². The summed E-state index contributed by atoms with van der Waals surface area (Å²) in [6, 6.07) is 3.07. The highest BCUT2D eigenvalue weighted by Gasteiger charge is 2.14. The van der Waals surface area contributed by atoms with Crippen molar-refractivity contribution in [3.63, 3.8) is 0 Å². The molecule has 0 radical (unpaired) electrons. The molecule has 0 amide bonds. The van der Waals surface area contributed by atoms with Crippen LogP contribution in [0, 0.1) is 0 Å². The molecule has 0 aliphatic carbocycles. The Morgan fingerprint density at radius 3 is 2.59 bits per heavy atom. The Balaban J connectivity index is 2.96. The molecule has 4 nitrogen and oxygen atoms in total. The second-order valence-electron chi connectivity index (χ2n) is 3.11. The molecule has 0 aliphatic heterocycles. The van der Waals surface area contributed by atoms with Gasteiger partial charge in [0.25, 0.3) is 0 Å². The fourth-order valence-electron chi connectivity index (χ4n) is 1.07. The first-order valence-electron chi connectivity index (χ1n) is 4.82. The molecule has 0 bridgehead atoms. The van der Waals surface area contributed by atoms with E-state index in [1.54, 1.807) is 13.0 Å². The number of carbonyl (C=O) groups excluding carboxylic acids is 2. The number of thiophene rings is 1. The van der Waals surface area contributed by atoms with Crippen molar-refractivity contribution in [1.29, 1.82) is 0 Å². The minimum Gasteiger partial charge on any atom is -0.867 e. The van der Waals surface area contributed by atoms with Crippen LogP contribution in [0.2, 0.25) is 4.34 Å². The van der Waals surface area contributed by atoms with Crippen LogP contribution in [0.15, 0.2) is 23.5 Å². The van der Waals surface area contributed by atoms with E-state index in [4.69, 9.17) is 11.6 Å². The number of carbonyl (C=O) groups is 2. The van der Waals surface area contributed by atoms with Gasteiger partial charge in [-0.25, -0.2) is 4.79 Å². The lowest BCUT2D eigenvalue weighted by atomic mass is 10.1. The predicted molar refractivity (Wildman–Crippen MR) is 63.0 cm³/mol. The van der Waals surface area contributed by atoms with Crippen LogP contribution in [-0.2, 0) is 9.53 Å². The molecule has 0 aliphatic rings. The van der Waals surface area contributed by atoms with Crippen molar-refractivity contribution < 1.29 is 19.4 Å². The van der Waals surface area contributed by atoms with Crippen LogP contribution in [0.1, 0.15) is 23.5 Å². The van der Waals surface area contributed by atoms with Gasteiger partial charge in [0.15, 0.2) is 5.78 Å². The minimum atomic E-state index is -1.01. The summed E-state index contributed by atoms with van der Waals surface area (Å²) in [5, 5.41) is 11.5. The van der Waals surface area contributed by atoms with Crippen molar-refractivity contribution in [1.82, 2.24) is 0 Å². The van der Waals surface area contributed by atoms with Gasteiger partial charge in [-0.1, -0.05) is 11.6 Å². The Morgan fingerprint density at radius 2 is 2.12 bits per heavy atom. The number of allylic oxidation sites excluding steroid dienone is 1. The number of hydrogen-bond acceptors (Lipinski definition) is 5. The number of hydrogen-bond donors (Lipinski definition) is 0. The van der Waals surface area contributed by atoms with E-state index in [0.29, 0.717) is 9.21 Å². The van der Waals surface area contributed by atoms with Gasteiger partial charge in [0.05, 0.1) is 15.8 Å². The number of Topliss-reactive ketones (excluding diaryl/α,β-unsaturated/α-hetero) is 1. The zero-order chi connectivity index (χ0) is 13.0. The Kier molecular flexibility index (Phi) is 4.72. The van der Waals surface area contributed by atoms with Gasteiger partial charge in [-0.05, 0) is 37.3 Å². The van der Waals surface area contributed by atoms with Gasteiger partial charge in [0.1, 0.15) is 0 Å². The fourth-order valence-corrected chi connectivity index (χ4v) is 2.11. The lowest BCUT2D eigenvalue weighted by molar-refractivity contribution is -0.304. The van der Waals surface area contributed by atoms with Crippen molar-refractivity contribution in [3.05, 3.63) is 32.7 Å². The fraction of sp³-hybridized carbons (Fsp3) is 0.273. The molecule has 0 saturated heterocycles. The van der Waals surface area contributed by atoms with Gasteiger partial charge in [-0.15, -0.1) is 11.3 Å². The number of ether oxygens (including phenoxy) is 1. The Labute approximate surface area is 107 Å². The van der Waals surface area contributed by atoms with E-state index in [0.717, 1.165) is 11.3 Å². The summed E-state index contributed by atoms with van der Waals surface area (Å²) >= 11 is 6.74. The van der Waals surface area contributed by atoms with Crippen LogP contribution in [0.5, 0.6) is 0 Å². The summed E-state index contributed by atoms with van der Waals surface area (Å²) in [7, 11) is 0. The third-order valence-corrected chi connectivity index (χ3v) is 3.17. The van der Waals surface area contributed by atoms with Crippen LogP contribution >= 0.6 is 22.9 Å². The SMILES string of the molecule is CCOC(=O)/C([O-])=C(\C)C(=O)c1ccc(Cl)s1. The molecule has 0 saturated carbocycles. The molecule has 0 aromatic carbocycles. The Hall–Kier alpha value is -1.33. The molecule has 1 rings (SSSR count). The number of esters is 1. The maximum absolute atomic E-state index is 11.8. The summed E-state index contributed by atoms with van der Waals surface area (Å²) in [6.07, 6.45) is 0. The van der Waals surface area contributed by atoms with Crippen molar-refractivity contribution in [2.24, 2.45) is 0 Å². The first-order valence-corrected chi connectivity index (χ1v) is 6.01. The van der Waals surface area contributed by atoms with Gasteiger partial charge in [-0.2, -0.15) is 0 Å². The van der Waals surface area contributed by atoms with Crippen LogP contribution < -0.4 is 5.11 Å². The molecule has 0 unspecified atom stereocenters. The average Bonchev–Trinajstić information content (AvgIpc) is 2.73. The highest BCUT2D eigenvalue weighted by atomic mass is 35.5. The Bertz CT molecular complexity index is 476. The van der Waals surface area contributed by atoms with E-state index in [2.05, 4.69) is 4.74 Å². The van der Waals surface area contributed by atoms with E-state index in [1.807, 2.05) is 0 Å². The highest BCUT2D eigenvalue weighted by Crippen LogP contribution is 2.24. The average molecular weight is 274 g/mol. The molecular weight excluding hydrogens is 264 g/mol. The quantitative estimate of drug-likeness (QED) is 0.363. The van der Waals surface area contributed by atoms with Gasteiger partial charge in [0, 0.05) is 0 Å². The highest BCUT2D eigenvalue weighted by molar-refractivity contribution is 7.18. The van der Waals surface area contributed by atoms with Gasteiger partial charge >= 0.3 is 5.97 Å². The maximum atomic E-state index is 11.8. The van der Waals surface area contributed by atoms with E-state index in [1.165, 1.54) is 13.0 Å². The molecule has 0 fully saturated rings. The smallest absolute Gasteiger partial charge is 0.323 e. The lowest BCUT2D eigenvalue weighted by Gasteiger charge is -2.13. The monoisotopic (exact) mass is 273 g/mol. The molecule has 0 spiro atoms. The Morgan fingerprint density at radius 1 is 1.47 bits per heavy atom. The first-order chi connectivity index (χ1) is 7.97. The van der Waals surface area contributed by atoms with Crippen LogP contribution in [0.4, 0.5) is 0 Å². The van der Waals surface area contributed by atoms with Crippen molar-refractivity contribution in [2.45, 2.75) is 13.8 Å². The zero-order valence-electron chi connectivity index (χ0n) is 9.28. The molecule has 0 N–H and O–H groups in total. The third-order valence-electron chi connectivity index (χ3n) is 1.94. The second kappa shape index (κ2) is 5.84. The lowest BCUT2D eigenvalue weighted by Crippen LogP contribution is -2.22. The summed E-state index contributed by atoms with van der Waals surface area (Å²) in [5.74, 6) is -2.43. The molecule has 6 heteroatoms. The van der Waals surface area contributed by atoms with E-state index < -0.39 is 17.5 Å². The molecule has 92 valence electrons. The van der Waals surface area contributed by atoms with Crippen molar-refractivity contribution >= 4 is 34.7 Å². The summed E-state index contributed by atoms with van der Waals surface area (Å²) < 4.78 is 4.98. The molecule has 1 aromatic heterocycles. The van der Waals surface area contributed by atoms with Crippen LogP contribution in [0.3, 0.4) is 0 Å². The number of halogens is 1. The minimum absolute atomic E-state index is 0.0941. The van der Waals surface area contributed by atoms with Crippen molar-refractivity contribution in [2.75, 3.05) is 6.61 Å². The second-order valence-corrected chi connectivity index (χ2v) is 4.82. The van der Waals surface area contributed by atoms with E-state index >= 15 is 0 Å². The van der Waals surface area contributed by atoms with E-state index in [9.17, 15) is 14.7 Å². The van der Waals surface area contributed by atoms with E-state index in [-0.39, 0.29) is 12.2 Å². The molecular formula is C11H10ClO4S-. The molecule has 1 aromatic rings. The predicted octanol–water partition coefficient (Wildman–Crippen LogP) is 1.78. The van der Waals surface area contributed by atoms with Crippen molar-refractivity contribution in [3.8, 4) is 0 Å². The van der Waals surface area contributed by atoms with Crippen LogP contribution in [0.25, 0.3) is 0 Å². The molecule has 17 heavy (non-hydrogen) atoms. The number of rotatable bonds is 4. The molecule has 0 atom stereocenters. The topological polar surface area (TPSA) is 66.4 Å². The molecule has 1 heterocycles. The first kappa shape index (κ1) is 13.7. The summed E-state index contributed by atoms with van der Waals surface area (Å²) in [6.45, 7) is 2.98. The zero-order valence-corrected chi connectivity index (χ0v) is 10.9.